The lowest BCUT2D eigenvalue weighted by Gasteiger charge is -2.24. The molecule has 0 aliphatic carbocycles. The zero-order valence-electron chi connectivity index (χ0n) is 18.8. The molecular weight excluding hydrogens is 398 g/mol. The average Bonchev–Trinajstić information content (AvgIpc) is 3.00. The van der Waals surface area contributed by atoms with Gasteiger partial charge in [-0.15, -0.1) is 0 Å². The van der Waals surface area contributed by atoms with E-state index in [1.807, 2.05) is 33.9 Å². The summed E-state index contributed by atoms with van der Waals surface area (Å²) < 4.78 is 5.78. The molecule has 0 saturated carbocycles. The van der Waals surface area contributed by atoms with Gasteiger partial charge in [0.05, 0.1) is 29.1 Å². The normalized spacial score (nSPS) is 11.5. The fourth-order valence-corrected chi connectivity index (χ4v) is 3.41. The summed E-state index contributed by atoms with van der Waals surface area (Å²) in [4.78, 5) is 14.5. The summed E-state index contributed by atoms with van der Waals surface area (Å²) in [6.45, 7) is 18.5. The van der Waals surface area contributed by atoms with Crippen LogP contribution in [0.2, 0.25) is 5.02 Å². The second-order valence-electron chi connectivity index (χ2n) is 7.24. The van der Waals surface area contributed by atoms with Crippen LogP contribution < -0.4 is 10.2 Å². The second-order valence-corrected chi connectivity index (χ2v) is 7.62. The maximum absolute atomic E-state index is 6.55. The van der Waals surface area contributed by atoms with Crippen molar-refractivity contribution in [3.63, 3.8) is 0 Å². The highest BCUT2D eigenvalue weighted by Crippen LogP contribution is 2.27. The Hall–Kier alpha value is -2.73. The van der Waals surface area contributed by atoms with Crippen molar-refractivity contribution in [1.29, 1.82) is 0 Å². The first-order valence-electron chi connectivity index (χ1n) is 10.1. The van der Waals surface area contributed by atoms with Gasteiger partial charge in [0.25, 0.3) is 0 Å². The predicted molar refractivity (Wildman–Crippen MR) is 129 cm³/mol. The smallest absolute Gasteiger partial charge is 0.226 e. The second kappa shape index (κ2) is 10.3. The van der Waals surface area contributed by atoms with Crippen LogP contribution in [0.4, 0.5) is 11.5 Å². The molecule has 0 aliphatic rings. The summed E-state index contributed by atoms with van der Waals surface area (Å²) in [6.07, 6.45) is 4.34. The van der Waals surface area contributed by atoms with Crippen LogP contribution in [0, 0.1) is 6.92 Å². The van der Waals surface area contributed by atoms with Gasteiger partial charge in [-0.25, -0.2) is 4.98 Å². The highest BCUT2D eigenvalue weighted by atomic mass is 35.5. The average molecular weight is 430 g/mol. The molecule has 0 aromatic carbocycles. The van der Waals surface area contributed by atoms with Gasteiger partial charge in [0, 0.05) is 30.0 Å². The Morgan fingerprint density at radius 3 is 2.67 bits per heavy atom. The van der Waals surface area contributed by atoms with Gasteiger partial charge in [-0.05, 0) is 40.2 Å². The van der Waals surface area contributed by atoms with E-state index in [4.69, 9.17) is 16.3 Å². The molecule has 6 nitrogen and oxygen atoms in total. The molecule has 0 bridgehead atoms. The molecule has 0 saturated heterocycles. The maximum Gasteiger partial charge on any atom is 0.226 e. The lowest BCUT2D eigenvalue weighted by atomic mass is 10.2. The van der Waals surface area contributed by atoms with Gasteiger partial charge in [-0.1, -0.05) is 37.8 Å². The van der Waals surface area contributed by atoms with E-state index < -0.39 is 0 Å². The molecule has 2 rings (SSSR count). The first-order valence-corrected chi connectivity index (χ1v) is 10.5. The number of halogens is 1. The zero-order chi connectivity index (χ0) is 22.4. The molecular formula is C23H32ClN5O. The summed E-state index contributed by atoms with van der Waals surface area (Å²) >= 11 is 6.55. The minimum atomic E-state index is 0.325. The number of pyridine rings is 1. The number of anilines is 2. The van der Waals surface area contributed by atoms with Crippen molar-refractivity contribution >= 4 is 35.1 Å². The maximum atomic E-state index is 6.55. The van der Waals surface area contributed by atoms with E-state index in [-0.39, 0.29) is 0 Å². The van der Waals surface area contributed by atoms with Crippen LogP contribution >= 0.6 is 11.6 Å². The largest absolute Gasteiger partial charge is 0.477 e. The molecule has 0 radical (unpaired) electrons. The number of aromatic amines is 1. The summed E-state index contributed by atoms with van der Waals surface area (Å²) in [7, 11) is 2.01. The molecule has 0 fully saturated rings. The Balaban J connectivity index is 2.32. The van der Waals surface area contributed by atoms with Gasteiger partial charge < -0.3 is 19.9 Å². The summed E-state index contributed by atoms with van der Waals surface area (Å²) in [5.41, 5.74) is 4.32. The highest BCUT2D eigenvalue weighted by Gasteiger charge is 2.19. The molecule has 0 unspecified atom stereocenters. The molecule has 0 atom stereocenters. The monoisotopic (exact) mass is 429 g/mol. The fourth-order valence-electron chi connectivity index (χ4n) is 3.00. The Labute approximate surface area is 184 Å². The summed E-state index contributed by atoms with van der Waals surface area (Å²) in [5, 5.41) is 3.82. The molecule has 2 N–H and O–H groups in total. The molecule has 162 valence electrons. The minimum absolute atomic E-state index is 0.325. The van der Waals surface area contributed by atoms with Crippen LogP contribution in [-0.2, 0) is 11.2 Å². The number of ether oxygens (including phenoxy) is 1. The van der Waals surface area contributed by atoms with Crippen molar-refractivity contribution in [1.82, 2.24) is 9.97 Å². The third-order valence-corrected chi connectivity index (χ3v) is 5.21. The van der Waals surface area contributed by atoms with Gasteiger partial charge in [0.15, 0.2) is 0 Å². The van der Waals surface area contributed by atoms with E-state index in [9.17, 15) is 0 Å². The van der Waals surface area contributed by atoms with Crippen molar-refractivity contribution in [2.24, 2.45) is 4.99 Å². The summed E-state index contributed by atoms with van der Waals surface area (Å²) in [6, 6.07) is 2.30. The van der Waals surface area contributed by atoms with Gasteiger partial charge >= 0.3 is 0 Å². The van der Waals surface area contributed by atoms with Crippen molar-refractivity contribution in [3.8, 4) is 0 Å². The number of H-pyrrole nitrogens is 1. The molecule has 0 aliphatic heterocycles. The Kier molecular flexibility index (Phi) is 8.12. The number of aryl methyl sites for hydroxylation is 2. The van der Waals surface area contributed by atoms with Gasteiger partial charge in [0.1, 0.15) is 11.6 Å². The number of hydrogen-bond donors (Lipinski definition) is 2. The van der Waals surface area contributed by atoms with Crippen LogP contribution in [-0.4, -0.2) is 35.6 Å². The topological polar surface area (TPSA) is 65.5 Å². The Morgan fingerprint density at radius 2 is 2.13 bits per heavy atom. The molecule has 30 heavy (non-hydrogen) atoms. The van der Waals surface area contributed by atoms with E-state index in [2.05, 4.69) is 52.2 Å². The third kappa shape index (κ3) is 5.25. The number of hydrogen-bond acceptors (Lipinski definition) is 5. The number of nitrogens with zero attached hydrogens (tertiary/aromatic N) is 3. The van der Waals surface area contributed by atoms with E-state index in [0.29, 0.717) is 29.4 Å². The first-order chi connectivity index (χ1) is 14.2. The quantitative estimate of drug-likeness (QED) is 0.391. The van der Waals surface area contributed by atoms with Gasteiger partial charge in [0.2, 0.25) is 5.90 Å². The molecule has 2 aromatic heterocycles. The predicted octanol–water partition coefficient (Wildman–Crippen LogP) is 5.79. The molecule has 2 aromatic rings. The standard InChI is InChI=1S/C23H32ClN5O/c1-9-17-12-18(13-25-22(17)29(8)14(4)5)27-16(7)28-23(30-11-3)20-15(6)26-19(10-2)21(20)24/h9,12-14,26-27H,1,7,10-11H2,2-6,8H3/b28-23+. The van der Waals surface area contributed by atoms with E-state index >= 15 is 0 Å². The van der Waals surface area contributed by atoms with Crippen molar-refractivity contribution in [3.05, 3.63) is 58.8 Å². The lowest BCUT2D eigenvalue weighted by molar-refractivity contribution is 0.328. The van der Waals surface area contributed by atoms with Crippen LogP contribution in [0.15, 0.2) is 36.2 Å². The number of aromatic nitrogens is 2. The van der Waals surface area contributed by atoms with E-state index in [1.165, 1.54) is 0 Å². The number of aliphatic imine (C=N–C) groups is 1. The molecule has 7 heteroatoms. The fraction of sp³-hybridized carbons (Fsp3) is 0.391. The SMILES string of the molecule is C=Cc1cc(NC(=C)/N=C(/OCC)c2c(C)[nH]c(CC)c2Cl)cnc1N(C)C(C)C. The van der Waals surface area contributed by atoms with Gasteiger partial charge in [-0.2, -0.15) is 4.99 Å². The zero-order valence-corrected chi connectivity index (χ0v) is 19.5. The van der Waals surface area contributed by atoms with E-state index in [1.54, 1.807) is 12.3 Å². The summed E-state index contributed by atoms with van der Waals surface area (Å²) in [5.74, 6) is 1.73. The van der Waals surface area contributed by atoms with Crippen LogP contribution in [0.1, 0.15) is 50.2 Å². The van der Waals surface area contributed by atoms with Crippen LogP contribution in [0.3, 0.4) is 0 Å². The Morgan fingerprint density at radius 1 is 1.43 bits per heavy atom. The van der Waals surface area contributed by atoms with Gasteiger partial charge in [-0.3, -0.25) is 0 Å². The third-order valence-electron chi connectivity index (χ3n) is 4.80. The highest BCUT2D eigenvalue weighted by molar-refractivity contribution is 6.34. The van der Waals surface area contributed by atoms with Crippen LogP contribution in [0.25, 0.3) is 6.08 Å². The van der Waals surface area contributed by atoms with E-state index in [0.717, 1.165) is 40.4 Å². The molecule has 0 spiro atoms. The molecule has 0 amide bonds. The molecule has 2 heterocycles. The van der Waals surface area contributed by atoms with Crippen molar-refractivity contribution in [2.45, 2.75) is 47.1 Å². The minimum Gasteiger partial charge on any atom is -0.477 e. The Bertz CT molecular complexity index is 945. The van der Waals surface area contributed by atoms with Crippen molar-refractivity contribution in [2.75, 3.05) is 23.9 Å². The first kappa shape index (κ1) is 23.5. The number of rotatable bonds is 9. The number of nitrogens with one attached hydrogen (secondary N) is 2. The lowest BCUT2D eigenvalue weighted by Crippen LogP contribution is -2.27. The van der Waals surface area contributed by atoms with Crippen LogP contribution in [0.5, 0.6) is 0 Å². The van der Waals surface area contributed by atoms with Crippen molar-refractivity contribution < 1.29 is 4.74 Å².